The Bertz CT molecular complexity index is 474. The van der Waals surface area contributed by atoms with Crippen LogP contribution in [0.4, 0.5) is 5.69 Å². The van der Waals surface area contributed by atoms with Gasteiger partial charge >= 0.3 is 0 Å². The van der Waals surface area contributed by atoms with Gasteiger partial charge in [0, 0.05) is 30.4 Å². The molecule has 1 rings (SSSR count). The van der Waals surface area contributed by atoms with Gasteiger partial charge in [-0.25, -0.2) is 0 Å². The lowest BCUT2D eigenvalue weighted by Gasteiger charge is -2.20. The third-order valence-electron chi connectivity index (χ3n) is 2.65. The molecule has 0 unspecified atom stereocenters. The number of para-hydroxylation sites is 1. The van der Waals surface area contributed by atoms with Gasteiger partial charge in [0.05, 0.1) is 4.92 Å². The number of nitrogens with zero attached hydrogens (tertiary/aromatic N) is 2. The molecule has 0 saturated carbocycles. The molecule has 0 aliphatic heterocycles. The molecule has 19 heavy (non-hydrogen) atoms. The third kappa shape index (κ3) is 3.81. The molecule has 0 aliphatic carbocycles. The monoisotopic (exact) mass is 304 g/mol. The molecule has 0 heterocycles. The van der Waals surface area contributed by atoms with Gasteiger partial charge in [-0.2, -0.15) is 0 Å². The summed E-state index contributed by atoms with van der Waals surface area (Å²) in [6.07, 6.45) is 0. The number of nitro benzene ring substituents is 1. The van der Waals surface area contributed by atoms with Crippen LogP contribution < -0.4 is 0 Å². The van der Waals surface area contributed by atoms with Gasteiger partial charge < -0.3 is 4.90 Å². The maximum absolute atomic E-state index is 12.3. The van der Waals surface area contributed by atoms with Crippen LogP contribution in [0.3, 0.4) is 0 Å². The second-order valence-electron chi connectivity index (χ2n) is 3.90. The highest BCUT2D eigenvalue weighted by molar-refractivity contribution is 6.18. The molecule has 0 saturated heterocycles. The number of aryl methyl sites for hydroxylation is 1. The molecule has 104 valence electrons. The van der Waals surface area contributed by atoms with Crippen molar-refractivity contribution in [3.8, 4) is 0 Å². The Morgan fingerprint density at radius 3 is 2.37 bits per heavy atom. The molecule has 1 aromatic carbocycles. The zero-order valence-corrected chi connectivity index (χ0v) is 11.9. The average molecular weight is 305 g/mol. The molecule has 0 radical (unpaired) electrons. The Hall–Kier alpha value is -1.33. The molecule has 0 bridgehead atoms. The molecule has 1 aromatic rings. The number of hydrogen-bond acceptors (Lipinski definition) is 3. The van der Waals surface area contributed by atoms with Crippen molar-refractivity contribution in [3.05, 3.63) is 39.4 Å². The summed E-state index contributed by atoms with van der Waals surface area (Å²) in [6, 6.07) is 4.67. The Balaban J connectivity index is 3.17. The second kappa shape index (κ2) is 7.31. The van der Waals surface area contributed by atoms with E-state index in [1.54, 1.807) is 19.1 Å². The van der Waals surface area contributed by atoms with Crippen LogP contribution in [0.25, 0.3) is 0 Å². The number of carbonyl (C=O) groups excluding carboxylic acids is 1. The van der Waals surface area contributed by atoms with Crippen molar-refractivity contribution < 1.29 is 9.72 Å². The predicted octanol–water partition coefficient (Wildman–Crippen LogP) is 2.82. The summed E-state index contributed by atoms with van der Waals surface area (Å²) in [6.45, 7) is 2.21. The maximum atomic E-state index is 12.3. The summed E-state index contributed by atoms with van der Waals surface area (Å²) in [5, 5.41) is 11.1. The van der Waals surface area contributed by atoms with Crippen molar-refractivity contribution in [3.63, 3.8) is 0 Å². The van der Waals surface area contributed by atoms with Crippen molar-refractivity contribution in [2.45, 2.75) is 6.92 Å². The van der Waals surface area contributed by atoms with Crippen LogP contribution in [0.2, 0.25) is 0 Å². The van der Waals surface area contributed by atoms with E-state index in [4.69, 9.17) is 23.2 Å². The molecular formula is C12H14Cl2N2O3. The Morgan fingerprint density at radius 2 is 1.89 bits per heavy atom. The smallest absolute Gasteiger partial charge is 0.285 e. The fourth-order valence-corrected chi connectivity index (χ4v) is 2.17. The standard InChI is InChI=1S/C12H14Cl2N2O3/c1-9-3-2-4-10(11(9)16(18)19)12(17)15(7-5-13)8-6-14/h2-4H,5-8H2,1H3. The van der Waals surface area contributed by atoms with E-state index in [1.807, 2.05) is 0 Å². The minimum Gasteiger partial charge on any atom is -0.336 e. The SMILES string of the molecule is Cc1cccc(C(=O)N(CCCl)CCCl)c1[N+](=O)[O-]. The van der Waals surface area contributed by atoms with Crippen molar-refractivity contribution >= 4 is 34.8 Å². The molecule has 0 spiro atoms. The lowest BCUT2D eigenvalue weighted by molar-refractivity contribution is -0.385. The highest BCUT2D eigenvalue weighted by Crippen LogP contribution is 2.24. The van der Waals surface area contributed by atoms with Crippen LogP contribution in [0, 0.1) is 17.0 Å². The lowest BCUT2D eigenvalue weighted by Crippen LogP contribution is -2.34. The van der Waals surface area contributed by atoms with Crippen LogP contribution in [0.15, 0.2) is 18.2 Å². The summed E-state index contributed by atoms with van der Waals surface area (Å²) in [4.78, 5) is 24.3. The van der Waals surface area contributed by atoms with E-state index in [0.717, 1.165) is 0 Å². The number of nitro groups is 1. The fraction of sp³-hybridized carbons (Fsp3) is 0.417. The Labute approximate surface area is 121 Å². The van der Waals surface area contributed by atoms with Crippen LogP contribution in [0.1, 0.15) is 15.9 Å². The van der Waals surface area contributed by atoms with E-state index in [9.17, 15) is 14.9 Å². The minimum absolute atomic E-state index is 0.0697. The van der Waals surface area contributed by atoms with Crippen molar-refractivity contribution in [2.24, 2.45) is 0 Å². The van der Waals surface area contributed by atoms with Crippen molar-refractivity contribution in [2.75, 3.05) is 24.8 Å². The molecule has 5 nitrogen and oxygen atoms in total. The van der Waals surface area contributed by atoms with Gasteiger partial charge in [-0.05, 0) is 13.0 Å². The van der Waals surface area contributed by atoms with Crippen LogP contribution in [-0.4, -0.2) is 40.6 Å². The first-order valence-corrected chi connectivity index (χ1v) is 6.75. The summed E-state index contributed by atoms with van der Waals surface area (Å²) < 4.78 is 0. The summed E-state index contributed by atoms with van der Waals surface area (Å²) in [7, 11) is 0. The average Bonchev–Trinajstić information content (AvgIpc) is 2.37. The molecule has 7 heteroatoms. The Morgan fingerprint density at radius 1 is 1.32 bits per heavy atom. The maximum Gasteiger partial charge on any atom is 0.285 e. The summed E-state index contributed by atoms with van der Waals surface area (Å²) in [5.41, 5.74) is 0.356. The van der Waals surface area contributed by atoms with E-state index in [1.165, 1.54) is 11.0 Å². The number of hydrogen-bond donors (Lipinski definition) is 0. The summed E-state index contributed by atoms with van der Waals surface area (Å²) in [5.74, 6) is 0.0847. The topological polar surface area (TPSA) is 63.5 Å². The van der Waals surface area contributed by atoms with E-state index < -0.39 is 10.8 Å². The van der Waals surface area contributed by atoms with Crippen LogP contribution in [-0.2, 0) is 0 Å². The molecule has 0 atom stereocenters. The van der Waals surface area contributed by atoms with E-state index in [0.29, 0.717) is 18.7 Å². The quantitative estimate of drug-likeness (QED) is 0.461. The molecule has 0 aliphatic rings. The van der Waals surface area contributed by atoms with Crippen molar-refractivity contribution in [1.29, 1.82) is 0 Å². The number of rotatable bonds is 6. The zero-order chi connectivity index (χ0) is 14.4. The van der Waals surface area contributed by atoms with Gasteiger partial charge in [0.2, 0.25) is 0 Å². The first-order valence-electron chi connectivity index (χ1n) is 5.68. The molecular weight excluding hydrogens is 291 g/mol. The predicted molar refractivity (Wildman–Crippen MR) is 75.2 cm³/mol. The van der Waals surface area contributed by atoms with E-state index in [2.05, 4.69) is 0 Å². The number of amides is 1. The number of carbonyl (C=O) groups is 1. The van der Waals surface area contributed by atoms with Crippen molar-refractivity contribution in [1.82, 2.24) is 4.90 Å². The third-order valence-corrected chi connectivity index (χ3v) is 2.98. The number of halogens is 2. The second-order valence-corrected chi connectivity index (χ2v) is 4.65. The van der Waals surface area contributed by atoms with E-state index >= 15 is 0 Å². The number of alkyl halides is 2. The largest absolute Gasteiger partial charge is 0.336 e. The molecule has 0 fully saturated rings. The fourth-order valence-electron chi connectivity index (χ4n) is 1.76. The first-order chi connectivity index (χ1) is 9.02. The highest BCUT2D eigenvalue weighted by Gasteiger charge is 2.25. The van der Waals surface area contributed by atoms with Gasteiger partial charge in [-0.15, -0.1) is 23.2 Å². The Kier molecular flexibility index (Phi) is 6.05. The first kappa shape index (κ1) is 15.7. The number of benzene rings is 1. The minimum atomic E-state index is -0.540. The van der Waals surface area contributed by atoms with Gasteiger partial charge in [0.15, 0.2) is 0 Å². The normalized spacial score (nSPS) is 10.3. The van der Waals surface area contributed by atoms with Crippen LogP contribution in [0.5, 0.6) is 0 Å². The molecule has 1 amide bonds. The zero-order valence-electron chi connectivity index (χ0n) is 10.4. The van der Waals surface area contributed by atoms with Gasteiger partial charge in [-0.1, -0.05) is 12.1 Å². The van der Waals surface area contributed by atoms with Gasteiger partial charge in [-0.3, -0.25) is 14.9 Å². The lowest BCUT2D eigenvalue weighted by atomic mass is 10.1. The molecule has 0 aromatic heterocycles. The van der Waals surface area contributed by atoms with E-state index in [-0.39, 0.29) is 23.0 Å². The highest BCUT2D eigenvalue weighted by atomic mass is 35.5. The summed E-state index contributed by atoms with van der Waals surface area (Å²) >= 11 is 11.3. The molecule has 0 N–H and O–H groups in total. The van der Waals surface area contributed by atoms with Gasteiger partial charge in [0.25, 0.3) is 11.6 Å². The van der Waals surface area contributed by atoms with Crippen LogP contribution >= 0.6 is 23.2 Å². The van der Waals surface area contributed by atoms with Gasteiger partial charge in [0.1, 0.15) is 5.56 Å².